The molecule has 6 nitrogen and oxygen atoms in total. The number of oxazole rings is 1. The first-order chi connectivity index (χ1) is 21.4. The number of hydrogen-bond donors (Lipinski definition) is 0. The molecule has 3 aromatic carbocycles. The van der Waals surface area contributed by atoms with Crippen molar-refractivity contribution >= 4 is 23.1 Å². The van der Waals surface area contributed by atoms with Crippen LogP contribution in [0.2, 0.25) is 0 Å². The zero-order valence-corrected chi connectivity index (χ0v) is 25.8. The maximum absolute atomic E-state index is 11.9. The summed E-state index contributed by atoms with van der Waals surface area (Å²) in [5, 5.41) is 0. The third kappa shape index (κ3) is 7.00. The zero-order valence-electron chi connectivity index (χ0n) is 25.0. The van der Waals surface area contributed by atoms with Crippen LogP contribution in [-0.4, -0.2) is 30.0 Å². The van der Waals surface area contributed by atoms with Gasteiger partial charge in [0.25, 0.3) is 0 Å². The third-order valence-corrected chi connectivity index (χ3v) is 9.26. The second kappa shape index (κ2) is 13.4. The molecule has 224 valence electrons. The van der Waals surface area contributed by atoms with Gasteiger partial charge in [-0.1, -0.05) is 54.6 Å². The Balaban J connectivity index is 0.988. The largest absolute Gasteiger partial charge is 0.493 e. The summed E-state index contributed by atoms with van der Waals surface area (Å²) in [6.45, 7) is 4.37. The summed E-state index contributed by atoms with van der Waals surface area (Å²) in [6, 6.07) is 27.0. The molecule has 0 spiro atoms. The minimum absolute atomic E-state index is 0.100. The fraction of sp³-hybridized carbons (Fsp3) is 0.270. The van der Waals surface area contributed by atoms with E-state index in [2.05, 4.69) is 65.6 Å². The number of thiophene rings is 1. The number of carbonyl (C=O) groups is 2. The van der Waals surface area contributed by atoms with Gasteiger partial charge in [0.05, 0.1) is 30.2 Å². The van der Waals surface area contributed by atoms with Crippen LogP contribution in [0.1, 0.15) is 70.6 Å². The summed E-state index contributed by atoms with van der Waals surface area (Å²) in [5.74, 6) is 1.73. The summed E-state index contributed by atoms with van der Waals surface area (Å²) in [6.07, 6.45) is 5.35. The van der Waals surface area contributed by atoms with E-state index in [0.29, 0.717) is 38.4 Å². The second-order valence-electron chi connectivity index (χ2n) is 11.1. The summed E-state index contributed by atoms with van der Waals surface area (Å²) >= 11 is 1.53. The normalized spacial score (nSPS) is 13.9. The number of hydrogen-bond acceptors (Lipinski definition) is 7. The van der Waals surface area contributed by atoms with Gasteiger partial charge in [0.15, 0.2) is 11.7 Å². The lowest BCUT2D eigenvalue weighted by Crippen LogP contribution is -2.08. The molecule has 0 aliphatic heterocycles. The molecule has 6 rings (SSSR count). The molecule has 0 N–H and O–H groups in total. The highest BCUT2D eigenvalue weighted by Gasteiger charge is 2.25. The van der Waals surface area contributed by atoms with Crippen molar-refractivity contribution in [2.24, 2.45) is 0 Å². The molecule has 5 aromatic rings. The van der Waals surface area contributed by atoms with Gasteiger partial charge in [0.1, 0.15) is 12.0 Å². The summed E-state index contributed by atoms with van der Waals surface area (Å²) in [5.41, 5.74) is 7.88. The van der Waals surface area contributed by atoms with Crippen molar-refractivity contribution in [3.05, 3.63) is 118 Å². The number of fused-ring (bicyclic) bond motifs is 1. The van der Waals surface area contributed by atoms with E-state index in [1.54, 1.807) is 13.2 Å². The number of rotatable bonds is 12. The average molecular weight is 606 g/mol. The molecule has 1 atom stereocenters. The molecule has 2 heterocycles. The predicted molar refractivity (Wildman–Crippen MR) is 172 cm³/mol. The molecular weight excluding hydrogens is 570 g/mol. The van der Waals surface area contributed by atoms with Gasteiger partial charge >= 0.3 is 5.97 Å². The first kappa shape index (κ1) is 29.6. The third-order valence-electron chi connectivity index (χ3n) is 8.03. The van der Waals surface area contributed by atoms with E-state index in [0.717, 1.165) is 56.3 Å². The molecule has 0 fully saturated rings. The van der Waals surface area contributed by atoms with Crippen molar-refractivity contribution < 1.29 is 23.5 Å². The van der Waals surface area contributed by atoms with E-state index < -0.39 is 0 Å². The van der Waals surface area contributed by atoms with Crippen molar-refractivity contribution in [1.82, 2.24) is 4.98 Å². The number of benzene rings is 3. The molecule has 0 saturated heterocycles. The smallest absolute Gasteiger partial charge is 0.306 e. The monoisotopic (exact) mass is 605 g/mol. The van der Waals surface area contributed by atoms with Crippen molar-refractivity contribution in [2.45, 2.75) is 51.9 Å². The van der Waals surface area contributed by atoms with Crippen LogP contribution in [0, 0.1) is 0 Å². The van der Waals surface area contributed by atoms with Crippen LogP contribution in [0.4, 0.5) is 0 Å². The van der Waals surface area contributed by atoms with E-state index >= 15 is 0 Å². The molecule has 0 amide bonds. The Morgan fingerprint density at radius 2 is 1.70 bits per heavy atom. The highest BCUT2D eigenvalue weighted by molar-refractivity contribution is 7.17. The van der Waals surface area contributed by atoms with Crippen molar-refractivity contribution in [2.75, 3.05) is 13.2 Å². The maximum atomic E-state index is 11.9. The maximum Gasteiger partial charge on any atom is 0.306 e. The number of aromatic nitrogens is 1. The van der Waals surface area contributed by atoms with Crippen LogP contribution < -0.4 is 4.74 Å². The SMILES string of the molecule is CCOC(=O)C[C@@H]1CCc2cc(OCCc3coc(Cc4ccc(-c5ccc(-c6ccc(C(C)=O)s6)cc5)cc4)n3)ccc21. The van der Waals surface area contributed by atoms with Crippen molar-refractivity contribution in [1.29, 1.82) is 0 Å². The minimum Gasteiger partial charge on any atom is -0.493 e. The zero-order chi connectivity index (χ0) is 30.5. The van der Waals surface area contributed by atoms with Gasteiger partial charge in [-0.15, -0.1) is 11.3 Å². The topological polar surface area (TPSA) is 78.6 Å². The van der Waals surface area contributed by atoms with Gasteiger partial charge in [0, 0.05) is 17.7 Å². The van der Waals surface area contributed by atoms with E-state index in [9.17, 15) is 9.59 Å². The number of aryl methyl sites for hydroxylation is 1. The van der Waals surface area contributed by atoms with Gasteiger partial charge in [-0.05, 0) is 90.3 Å². The minimum atomic E-state index is -0.127. The standard InChI is InChI=1S/C37H35NO5S/c1-3-41-37(40)22-30-13-12-29-21-32(14-15-33(29)30)42-19-18-31-23-43-36(38-31)20-25-4-6-26(7-5-25)27-8-10-28(11-9-27)35-17-16-34(44-35)24(2)39/h4-11,14-17,21,23,30H,3,12-13,18-20,22H2,1-2H3/t30-/m0/s1. The Kier molecular flexibility index (Phi) is 9.03. The average Bonchev–Trinajstić information content (AvgIpc) is 3.79. The number of ketones is 1. The molecule has 1 aliphatic rings. The van der Waals surface area contributed by atoms with E-state index in [1.807, 2.05) is 25.1 Å². The number of Topliss-reactive ketones (excluding diaryl/α,β-unsaturated/α-hetero) is 1. The summed E-state index contributed by atoms with van der Waals surface area (Å²) < 4.78 is 16.9. The summed E-state index contributed by atoms with van der Waals surface area (Å²) in [7, 11) is 0. The van der Waals surface area contributed by atoms with Crippen LogP contribution in [-0.2, 0) is 28.8 Å². The van der Waals surface area contributed by atoms with Crippen LogP contribution >= 0.6 is 11.3 Å². The van der Waals surface area contributed by atoms with Gasteiger partial charge in [-0.25, -0.2) is 4.98 Å². The lowest BCUT2D eigenvalue weighted by Gasteiger charge is -2.12. The molecular formula is C37H35NO5S. The summed E-state index contributed by atoms with van der Waals surface area (Å²) in [4.78, 5) is 30.1. The fourth-order valence-electron chi connectivity index (χ4n) is 5.72. The first-order valence-electron chi connectivity index (χ1n) is 15.1. The van der Waals surface area contributed by atoms with E-state index in [1.165, 1.54) is 22.5 Å². The molecule has 0 radical (unpaired) electrons. The molecule has 44 heavy (non-hydrogen) atoms. The molecule has 0 unspecified atom stereocenters. The van der Waals surface area contributed by atoms with Gasteiger partial charge in [-0.3, -0.25) is 9.59 Å². The predicted octanol–water partition coefficient (Wildman–Crippen LogP) is 8.47. The Labute approximate surface area is 261 Å². The molecule has 2 aromatic heterocycles. The lowest BCUT2D eigenvalue weighted by atomic mass is 9.98. The van der Waals surface area contributed by atoms with Crippen LogP contribution in [0.5, 0.6) is 5.75 Å². The molecule has 7 heteroatoms. The lowest BCUT2D eigenvalue weighted by molar-refractivity contribution is -0.143. The molecule has 0 bridgehead atoms. The van der Waals surface area contributed by atoms with Gasteiger partial charge in [-0.2, -0.15) is 0 Å². The van der Waals surface area contributed by atoms with Gasteiger partial charge in [0.2, 0.25) is 0 Å². The number of carbonyl (C=O) groups excluding carboxylic acids is 2. The van der Waals surface area contributed by atoms with Crippen molar-refractivity contribution in [3.8, 4) is 27.3 Å². The van der Waals surface area contributed by atoms with Crippen molar-refractivity contribution in [3.63, 3.8) is 0 Å². The highest BCUT2D eigenvalue weighted by atomic mass is 32.1. The number of nitrogens with zero attached hydrogens (tertiary/aromatic N) is 1. The Hall–Kier alpha value is -4.49. The Morgan fingerprint density at radius 1 is 0.955 bits per heavy atom. The fourth-order valence-corrected chi connectivity index (χ4v) is 6.63. The number of esters is 1. The Bertz CT molecular complexity index is 1750. The van der Waals surface area contributed by atoms with E-state index in [-0.39, 0.29) is 17.7 Å². The molecule has 1 aliphatic carbocycles. The van der Waals surface area contributed by atoms with E-state index in [4.69, 9.17) is 13.9 Å². The second-order valence-corrected chi connectivity index (χ2v) is 12.2. The van der Waals surface area contributed by atoms with Crippen LogP contribution in [0.3, 0.4) is 0 Å². The quantitative estimate of drug-likeness (QED) is 0.105. The van der Waals surface area contributed by atoms with Crippen LogP contribution in [0.25, 0.3) is 21.6 Å². The highest BCUT2D eigenvalue weighted by Crippen LogP contribution is 2.37. The first-order valence-corrected chi connectivity index (χ1v) is 15.9. The molecule has 0 saturated carbocycles. The Morgan fingerprint density at radius 3 is 2.43 bits per heavy atom. The van der Waals surface area contributed by atoms with Gasteiger partial charge < -0.3 is 13.9 Å². The van der Waals surface area contributed by atoms with Crippen LogP contribution in [0.15, 0.2) is 89.5 Å². The number of ether oxygens (including phenoxy) is 2.